The van der Waals surface area contributed by atoms with Crippen molar-refractivity contribution in [1.82, 2.24) is 10.2 Å². The van der Waals surface area contributed by atoms with E-state index in [2.05, 4.69) is 35.7 Å². The first-order valence-corrected chi connectivity index (χ1v) is 14.9. The smallest absolute Gasteiger partial charge is 0.475 e. The fourth-order valence-electron chi connectivity index (χ4n) is 4.14. The van der Waals surface area contributed by atoms with Gasteiger partial charge in [-0.3, -0.25) is 9.52 Å². The Hall–Kier alpha value is -3.32. The van der Waals surface area contributed by atoms with Crippen LogP contribution in [0.1, 0.15) is 49.5 Å². The van der Waals surface area contributed by atoms with Gasteiger partial charge in [0.05, 0.1) is 10.5 Å². The van der Waals surface area contributed by atoms with Crippen LogP contribution in [-0.2, 0) is 21.2 Å². The number of carboxylic acids is 1. The molecule has 9 nitrogen and oxygen atoms in total. The van der Waals surface area contributed by atoms with Gasteiger partial charge in [0, 0.05) is 51.1 Å². The largest absolute Gasteiger partial charge is 0.490 e. The maximum absolute atomic E-state index is 13.3. The molecule has 228 valence electrons. The van der Waals surface area contributed by atoms with Crippen LogP contribution >= 0.6 is 0 Å². The van der Waals surface area contributed by atoms with E-state index in [1.54, 1.807) is 36.2 Å². The number of amides is 1. The van der Waals surface area contributed by atoms with Gasteiger partial charge in [-0.15, -0.1) is 0 Å². The number of sulfonamides is 1. The fraction of sp³-hybridized carbons (Fsp3) is 0.500. The minimum Gasteiger partial charge on any atom is -0.475 e. The second-order valence-corrected chi connectivity index (χ2v) is 11.9. The number of hydrogen-bond donors (Lipinski definition) is 3. The summed E-state index contributed by atoms with van der Waals surface area (Å²) in [6.07, 6.45) is -2.26. The van der Waals surface area contributed by atoms with E-state index in [1.807, 2.05) is 18.2 Å². The molecule has 2 aromatic rings. The summed E-state index contributed by atoms with van der Waals surface area (Å²) in [7, 11) is -1.97. The molecule has 1 fully saturated rings. The summed E-state index contributed by atoms with van der Waals surface area (Å²) in [4.78, 5) is 26.3. The molecule has 13 heteroatoms. The molecule has 0 bridgehead atoms. The van der Waals surface area contributed by atoms with Crippen LogP contribution in [0.15, 0.2) is 47.4 Å². The molecule has 0 aliphatic carbocycles. The third kappa shape index (κ3) is 10.5. The van der Waals surface area contributed by atoms with Crippen LogP contribution in [0.25, 0.3) is 0 Å². The Morgan fingerprint density at radius 1 is 1.10 bits per heavy atom. The number of carbonyl (C=O) groups is 2. The number of carboxylic acid groups (broad SMARTS) is 1. The zero-order valence-electron chi connectivity index (χ0n) is 23.8. The van der Waals surface area contributed by atoms with Gasteiger partial charge >= 0.3 is 12.1 Å². The average molecular weight is 601 g/mol. The highest BCUT2D eigenvalue weighted by molar-refractivity contribution is 7.92. The first-order chi connectivity index (χ1) is 19.2. The Labute approximate surface area is 239 Å². The van der Waals surface area contributed by atoms with E-state index in [1.165, 1.54) is 0 Å². The fourth-order valence-corrected chi connectivity index (χ4v) is 5.19. The number of rotatable bonds is 10. The number of halogens is 3. The summed E-state index contributed by atoms with van der Waals surface area (Å²) < 4.78 is 60.5. The van der Waals surface area contributed by atoms with E-state index >= 15 is 0 Å². The van der Waals surface area contributed by atoms with E-state index in [4.69, 9.17) is 9.90 Å². The third-order valence-corrected chi connectivity index (χ3v) is 7.65. The Morgan fingerprint density at radius 3 is 2.20 bits per heavy atom. The highest BCUT2D eigenvalue weighted by atomic mass is 32.2. The van der Waals surface area contributed by atoms with Gasteiger partial charge in [0.25, 0.3) is 15.9 Å². The average Bonchev–Trinajstić information content (AvgIpc) is 2.91. The number of piperazine rings is 1. The van der Waals surface area contributed by atoms with E-state index in [9.17, 15) is 26.4 Å². The lowest BCUT2D eigenvalue weighted by molar-refractivity contribution is -0.192. The Kier molecular flexibility index (Phi) is 12.4. The van der Waals surface area contributed by atoms with Crippen molar-refractivity contribution in [2.24, 2.45) is 5.92 Å². The topological polar surface area (TPSA) is 119 Å². The molecule has 0 radical (unpaired) electrons. The lowest BCUT2D eigenvalue weighted by Gasteiger charge is -2.32. The number of carbonyl (C=O) groups excluding carboxylic acids is 1. The number of unbranched alkanes of at least 4 members (excludes halogenated alkanes) is 1. The van der Waals surface area contributed by atoms with Crippen LogP contribution < -0.4 is 14.9 Å². The molecule has 0 atom stereocenters. The van der Waals surface area contributed by atoms with Gasteiger partial charge in [-0.2, -0.15) is 13.2 Å². The molecule has 0 unspecified atom stereocenters. The first kappa shape index (κ1) is 33.9. The lowest BCUT2D eigenvalue weighted by Crippen LogP contribution is -2.44. The van der Waals surface area contributed by atoms with Gasteiger partial charge in [-0.25, -0.2) is 13.2 Å². The summed E-state index contributed by atoms with van der Waals surface area (Å²) in [5.41, 5.74) is 2.86. The molecule has 3 rings (SSSR count). The van der Waals surface area contributed by atoms with E-state index < -0.39 is 22.2 Å². The van der Waals surface area contributed by atoms with Crippen LogP contribution in [0.4, 0.5) is 24.5 Å². The molecule has 1 heterocycles. The van der Waals surface area contributed by atoms with Crippen LogP contribution in [0, 0.1) is 5.92 Å². The minimum atomic E-state index is -5.08. The highest BCUT2D eigenvalue weighted by Crippen LogP contribution is 2.28. The number of anilines is 2. The van der Waals surface area contributed by atoms with Crippen LogP contribution in [-0.4, -0.2) is 76.2 Å². The molecule has 1 amide bonds. The zero-order chi connectivity index (χ0) is 30.8. The molecule has 1 aliphatic heterocycles. The molecule has 2 aromatic carbocycles. The monoisotopic (exact) mass is 600 g/mol. The van der Waals surface area contributed by atoms with E-state index in [0.717, 1.165) is 56.7 Å². The van der Waals surface area contributed by atoms with E-state index in [-0.39, 0.29) is 10.8 Å². The summed E-state index contributed by atoms with van der Waals surface area (Å²) >= 11 is 0. The molecule has 1 aliphatic rings. The quantitative estimate of drug-likeness (QED) is 0.365. The summed E-state index contributed by atoms with van der Waals surface area (Å²) in [6, 6.07) is 12.3. The summed E-state index contributed by atoms with van der Waals surface area (Å²) in [5, 5.41) is 10.5. The number of hydrogen-bond acceptors (Lipinski definition) is 6. The van der Waals surface area contributed by atoms with Gasteiger partial charge in [0.2, 0.25) is 0 Å². The van der Waals surface area contributed by atoms with Crippen molar-refractivity contribution in [2.75, 3.05) is 49.4 Å². The van der Waals surface area contributed by atoms with Gasteiger partial charge in [-0.05, 0) is 54.7 Å². The van der Waals surface area contributed by atoms with Crippen molar-refractivity contribution < 1.29 is 36.3 Å². The second-order valence-electron chi connectivity index (χ2n) is 10.2. The zero-order valence-corrected chi connectivity index (χ0v) is 24.6. The number of nitrogens with one attached hydrogen (secondary N) is 2. The summed E-state index contributed by atoms with van der Waals surface area (Å²) in [5.74, 6) is -2.35. The molecule has 41 heavy (non-hydrogen) atoms. The van der Waals surface area contributed by atoms with E-state index in [0.29, 0.717) is 23.7 Å². The molecular weight excluding hydrogens is 561 g/mol. The molecule has 0 aromatic heterocycles. The molecule has 0 spiro atoms. The van der Waals surface area contributed by atoms with Crippen LogP contribution in [0.3, 0.4) is 0 Å². The maximum Gasteiger partial charge on any atom is 0.490 e. The number of alkyl halides is 3. The minimum absolute atomic E-state index is 0.0962. The molecule has 0 saturated carbocycles. The number of benzene rings is 2. The van der Waals surface area contributed by atoms with Crippen LogP contribution in [0.5, 0.6) is 0 Å². The van der Waals surface area contributed by atoms with Crippen molar-refractivity contribution in [2.45, 2.75) is 51.1 Å². The van der Waals surface area contributed by atoms with Gasteiger partial charge < -0.3 is 20.2 Å². The second kappa shape index (κ2) is 15.1. The Bertz CT molecular complexity index is 1260. The van der Waals surface area contributed by atoms with Crippen molar-refractivity contribution in [1.29, 1.82) is 0 Å². The predicted molar refractivity (Wildman–Crippen MR) is 153 cm³/mol. The predicted octanol–water partition coefficient (Wildman–Crippen LogP) is 4.60. The van der Waals surface area contributed by atoms with Crippen LogP contribution in [0.2, 0.25) is 0 Å². The Balaban J connectivity index is 0.000000745. The van der Waals surface area contributed by atoms with Gasteiger partial charge in [0.1, 0.15) is 0 Å². The first-order valence-electron chi connectivity index (χ1n) is 13.4. The normalized spacial score (nSPS) is 13.8. The van der Waals surface area contributed by atoms with Crippen molar-refractivity contribution >= 4 is 33.3 Å². The number of aliphatic carboxylic acids is 1. The van der Waals surface area contributed by atoms with Crippen molar-refractivity contribution in [3.63, 3.8) is 0 Å². The van der Waals surface area contributed by atoms with Gasteiger partial charge in [-0.1, -0.05) is 39.3 Å². The Morgan fingerprint density at radius 2 is 1.68 bits per heavy atom. The molecule has 3 N–H and O–H groups in total. The van der Waals surface area contributed by atoms with Gasteiger partial charge in [0.15, 0.2) is 0 Å². The maximum atomic E-state index is 13.3. The van der Waals surface area contributed by atoms with Crippen molar-refractivity contribution in [3.8, 4) is 0 Å². The molecular formula is C28H39F3N4O5S. The molecule has 1 saturated heterocycles. The van der Waals surface area contributed by atoms with Crippen molar-refractivity contribution in [3.05, 3.63) is 53.6 Å². The SMILES string of the molecule is CCCCN(C)C(=O)c1cc(NS(=O)(=O)c2ccc(CC(C)C)cc2)ccc1N1CCNCC1.O=C(O)C(F)(F)F. The third-order valence-electron chi connectivity index (χ3n) is 6.25. The summed E-state index contributed by atoms with van der Waals surface area (Å²) in [6.45, 7) is 10.3. The lowest BCUT2D eigenvalue weighted by atomic mass is 10.0. The number of nitrogens with zero attached hydrogens (tertiary/aromatic N) is 2. The highest BCUT2D eigenvalue weighted by Gasteiger charge is 2.38. The standard InChI is InChI=1S/C26H38N4O3S.C2HF3O2/c1-5-6-15-29(4)26(31)24-19-22(9-12-25(24)30-16-13-27-14-17-30)28-34(32,33)23-10-7-21(8-11-23)18-20(2)3;3-2(4,5)1(6)7/h7-12,19-20,27-28H,5-6,13-18H2,1-4H3;(H,6,7).